The highest BCUT2D eigenvalue weighted by Crippen LogP contribution is 2.32. The van der Waals surface area contributed by atoms with E-state index in [1.54, 1.807) is 18.2 Å². The van der Waals surface area contributed by atoms with E-state index in [1.165, 1.54) is 0 Å². The molecule has 5 heteroatoms. The standard InChI is InChI=1S/C14H13NO4/c16-13(17)7-1-3-11-9(5-7)10-6-8(14(18)19)2-4-12(10)15-11/h1,3,5,8,15H,2,4,6H2,(H,16,17)(H,18,19). The van der Waals surface area contributed by atoms with Gasteiger partial charge < -0.3 is 15.2 Å². The van der Waals surface area contributed by atoms with E-state index in [0.717, 1.165) is 22.2 Å². The minimum atomic E-state index is -0.970. The van der Waals surface area contributed by atoms with Crippen LogP contribution >= 0.6 is 0 Å². The van der Waals surface area contributed by atoms with Crippen LogP contribution in [-0.4, -0.2) is 27.1 Å². The van der Waals surface area contributed by atoms with Crippen molar-refractivity contribution in [3.63, 3.8) is 0 Å². The van der Waals surface area contributed by atoms with Gasteiger partial charge in [-0.05, 0) is 43.0 Å². The Labute approximate surface area is 108 Å². The van der Waals surface area contributed by atoms with Gasteiger partial charge in [0.25, 0.3) is 0 Å². The molecule has 1 aromatic heterocycles. The molecular formula is C14H13NO4. The molecule has 0 saturated carbocycles. The van der Waals surface area contributed by atoms with Crippen molar-refractivity contribution in [2.24, 2.45) is 5.92 Å². The average Bonchev–Trinajstić information content (AvgIpc) is 2.75. The summed E-state index contributed by atoms with van der Waals surface area (Å²) in [4.78, 5) is 25.4. The molecule has 98 valence electrons. The van der Waals surface area contributed by atoms with Crippen LogP contribution in [-0.2, 0) is 17.6 Å². The third-order valence-electron chi connectivity index (χ3n) is 3.78. The second-order valence-electron chi connectivity index (χ2n) is 4.93. The van der Waals surface area contributed by atoms with E-state index >= 15 is 0 Å². The average molecular weight is 259 g/mol. The third kappa shape index (κ3) is 1.87. The molecule has 0 fully saturated rings. The summed E-state index contributed by atoms with van der Waals surface area (Å²) < 4.78 is 0. The molecule has 5 nitrogen and oxygen atoms in total. The lowest BCUT2D eigenvalue weighted by atomic mass is 9.86. The van der Waals surface area contributed by atoms with E-state index in [4.69, 9.17) is 10.2 Å². The number of carbonyl (C=O) groups is 2. The zero-order chi connectivity index (χ0) is 13.6. The summed E-state index contributed by atoms with van der Waals surface area (Å²) in [6, 6.07) is 4.92. The predicted octanol–water partition coefficient (Wildman–Crippen LogP) is 2.06. The van der Waals surface area contributed by atoms with Crippen LogP contribution in [0.4, 0.5) is 0 Å². The molecule has 0 radical (unpaired) electrons. The molecule has 1 heterocycles. The van der Waals surface area contributed by atoms with Gasteiger partial charge in [-0.2, -0.15) is 0 Å². The molecule has 3 N–H and O–H groups in total. The molecule has 0 spiro atoms. The molecule has 2 aromatic rings. The Hall–Kier alpha value is -2.30. The lowest BCUT2D eigenvalue weighted by Crippen LogP contribution is -2.21. The molecule has 0 aliphatic heterocycles. The zero-order valence-corrected chi connectivity index (χ0v) is 10.1. The number of rotatable bonds is 2. The number of carboxylic acid groups (broad SMARTS) is 2. The highest BCUT2D eigenvalue weighted by Gasteiger charge is 2.27. The first-order valence-corrected chi connectivity index (χ1v) is 6.16. The molecule has 1 atom stereocenters. The molecule has 0 amide bonds. The van der Waals surface area contributed by atoms with Gasteiger partial charge in [0.2, 0.25) is 0 Å². The number of nitrogens with one attached hydrogen (secondary N) is 1. The van der Waals surface area contributed by atoms with Crippen LogP contribution in [0.15, 0.2) is 18.2 Å². The fraction of sp³-hybridized carbons (Fsp3) is 0.286. The summed E-state index contributed by atoms with van der Waals surface area (Å²) in [7, 11) is 0. The van der Waals surface area contributed by atoms with E-state index in [1.807, 2.05) is 0 Å². The number of H-pyrrole nitrogens is 1. The quantitative estimate of drug-likeness (QED) is 0.769. The molecule has 1 aliphatic rings. The van der Waals surface area contributed by atoms with E-state index in [0.29, 0.717) is 19.3 Å². The Kier molecular flexibility index (Phi) is 2.55. The summed E-state index contributed by atoms with van der Waals surface area (Å²) in [5.74, 6) is -2.13. The number of aryl methyl sites for hydroxylation is 1. The van der Waals surface area contributed by atoms with Gasteiger partial charge >= 0.3 is 11.9 Å². The van der Waals surface area contributed by atoms with Crippen LogP contribution < -0.4 is 0 Å². The molecule has 1 aromatic carbocycles. The second-order valence-corrected chi connectivity index (χ2v) is 4.93. The summed E-state index contributed by atoms with van der Waals surface area (Å²) in [5, 5.41) is 19.0. The number of carboxylic acids is 2. The summed E-state index contributed by atoms with van der Waals surface area (Å²) in [5.41, 5.74) is 3.10. The Bertz CT molecular complexity index is 686. The smallest absolute Gasteiger partial charge is 0.335 e. The van der Waals surface area contributed by atoms with Gasteiger partial charge in [0, 0.05) is 16.6 Å². The van der Waals surface area contributed by atoms with Gasteiger partial charge in [-0.25, -0.2) is 4.79 Å². The number of hydrogen-bond acceptors (Lipinski definition) is 2. The van der Waals surface area contributed by atoms with Gasteiger partial charge in [0.1, 0.15) is 0 Å². The second kappa shape index (κ2) is 4.12. The van der Waals surface area contributed by atoms with Crippen molar-refractivity contribution < 1.29 is 19.8 Å². The fourth-order valence-electron chi connectivity index (χ4n) is 2.76. The Balaban J connectivity index is 2.13. The van der Waals surface area contributed by atoms with E-state index in [2.05, 4.69) is 4.98 Å². The highest BCUT2D eigenvalue weighted by molar-refractivity contribution is 5.95. The van der Waals surface area contributed by atoms with E-state index < -0.39 is 11.9 Å². The monoisotopic (exact) mass is 259 g/mol. The third-order valence-corrected chi connectivity index (χ3v) is 3.78. The van der Waals surface area contributed by atoms with Gasteiger partial charge in [-0.15, -0.1) is 0 Å². The van der Waals surface area contributed by atoms with Gasteiger partial charge in [-0.3, -0.25) is 4.79 Å². The fourth-order valence-corrected chi connectivity index (χ4v) is 2.76. The van der Waals surface area contributed by atoms with E-state index in [-0.39, 0.29) is 11.5 Å². The summed E-state index contributed by atoms with van der Waals surface area (Å²) >= 11 is 0. The maximum atomic E-state index is 11.1. The molecule has 1 unspecified atom stereocenters. The zero-order valence-electron chi connectivity index (χ0n) is 10.1. The van der Waals surface area contributed by atoms with Crippen molar-refractivity contribution in [2.75, 3.05) is 0 Å². The largest absolute Gasteiger partial charge is 0.481 e. The van der Waals surface area contributed by atoms with Crippen molar-refractivity contribution in [1.82, 2.24) is 4.98 Å². The van der Waals surface area contributed by atoms with Crippen LogP contribution in [0.2, 0.25) is 0 Å². The van der Waals surface area contributed by atoms with Gasteiger partial charge in [0.15, 0.2) is 0 Å². The number of aromatic carboxylic acids is 1. The number of aromatic amines is 1. The first kappa shape index (κ1) is 11.8. The SMILES string of the molecule is O=C(O)c1ccc2[nH]c3c(c2c1)CC(C(=O)O)CC3. The number of hydrogen-bond donors (Lipinski definition) is 3. The van der Waals surface area contributed by atoms with Crippen molar-refractivity contribution >= 4 is 22.8 Å². The van der Waals surface area contributed by atoms with Gasteiger partial charge in [0.05, 0.1) is 11.5 Å². The molecule has 0 saturated heterocycles. The Morgan fingerprint density at radius 2 is 2.05 bits per heavy atom. The normalized spacial score (nSPS) is 18.2. The Morgan fingerprint density at radius 3 is 2.74 bits per heavy atom. The lowest BCUT2D eigenvalue weighted by molar-refractivity contribution is -0.142. The maximum absolute atomic E-state index is 11.1. The summed E-state index contributed by atoms with van der Waals surface area (Å²) in [6.07, 6.45) is 1.79. The number of fused-ring (bicyclic) bond motifs is 3. The van der Waals surface area contributed by atoms with Crippen molar-refractivity contribution in [3.05, 3.63) is 35.0 Å². The maximum Gasteiger partial charge on any atom is 0.335 e. The van der Waals surface area contributed by atoms with Gasteiger partial charge in [-0.1, -0.05) is 0 Å². The van der Waals surface area contributed by atoms with Crippen molar-refractivity contribution in [2.45, 2.75) is 19.3 Å². The Morgan fingerprint density at radius 1 is 1.26 bits per heavy atom. The predicted molar refractivity (Wildman–Crippen MR) is 68.4 cm³/mol. The minimum absolute atomic E-state index is 0.228. The van der Waals surface area contributed by atoms with Crippen LogP contribution in [0.25, 0.3) is 10.9 Å². The van der Waals surface area contributed by atoms with E-state index in [9.17, 15) is 9.59 Å². The number of benzene rings is 1. The first-order chi connectivity index (χ1) is 9.06. The lowest BCUT2D eigenvalue weighted by Gasteiger charge is -2.18. The van der Waals surface area contributed by atoms with Crippen LogP contribution in [0, 0.1) is 5.92 Å². The molecular weight excluding hydrogens is 246 g/mol. The molecule has 1 aliphatic carbocycles. The summed E-state index contributed by atoms with van der Waals surface area (Å²) in [6.45, 7) is 0. The molecule has 3 rings (SSSR count). The molecule has 19 heavy (non-hydrogen) atoms. The first-order valence-electron chi connectivity index (χ1n) is 6.16. The number of aliphatic carboxylic acids is 1. The van der Waals surface area contributed by atoms with Crippen LogP contribution in [0.5, 0.6) is 0 Å². The minimum Gasteiger partial charge on any atom is -0.481 e. The highest BCUT2D eigenvalue weighted by atomic mass is 16.4. The van der Waals surface area contributed by atoms with Crippen molar-refractivity contribution in [1.29, 1.82) is 0 Å². The topological polar surface area (TPSA) is 90.4 Å². The number of aromatic nitrogens is 1. The van der Waals surface area contributed by atoms with Crippen LogP contribution in [0.1, 0.15) is 28.0 Å². The van der Waals surface area contributed by atoms with Crippen molar-refractivity contribution in [3.8, 4) is 0 Å². The molecule has 0 bridgehead atoms. The van der Waals surface area contributed by atoms with Crippen LogP contribution in [0.3, 0.4) is 0 Å².